The lowest BCUT2D eigenvalue weighted by molar-refractivity contribution is 0.343. The third-order valence-electron chi connectivity index (χ3n) is 1.19. The number of rotatable bonds is 0. The van der Waals surface area contributed by atoms with Crippen molar-refractivity contribution in [1.29, 1.82) is 0 Å². The Bertz CT molecular complexity index is 453. The highest BCUT2D eigenvalue weighted by molar-refractivity contribution is 5.24. The summed E-state index contributed by atoms with van der Waals surface area (Å²) in [7, 11) is 0. The predicted octanol–water partition coefficient (Wildman–Crippen LogP) is -0.857. The van der Waals surface area contributed by atoms with Crippen molar-refractivity contribution in [2.24, 2.45) is 0 Å². The van der Waals surface area contributed by atoms with Gasteiger partial charge in [-0.3, -0.25) is 0 Å². The maximum Gasteiger partial charge on any atom is 0.267 e. The van der Waals surface area contributed by atoms with Crippen LogP contribution in [0.5, 0.6) is 0 Å². The van der Waals surface area contributed by atoms with Crippen molar-refractivity contribution < 1.29 is 4.52 Å². The lowest BCUT2D eigenvalue weighted by atomic mass is 10.8. The van der Waals surface area contributed by atoms with Crippen LogP contribution in [0.25, 0.3) is 18.9 Å². The Hall–Kier alpha value is -1.58. The van der Waals surface area contributed by atoms with Crippen molar-refractivity contribution in [3.63, 3.8) is 0 Å². The lowest BCUT2D eigenvalue weighted by Gasteiger charge is -1.73. The molecule has 2 heterocycles. The second kappa shape index (κ2) is 1.47. The molecule has 2 aromatic heterocycles. The number of imidazole rings is 1. The van der Waals surface area contributed by atoms with E-state index in [1.54, 1.807) is 6.20 Å². The molecule has 0 radical (unpaired) electrons. The largest absolute Gasteiger partial charge is 0.352 e. The molecule has 0 amide bonds. The Morgan fingerprint density at radius 2 is 2.30 bits per heavy atom. The molecule has 0 fully saturated rings. The summed E-state index contributed by atoms with van der Waals surface area (Å²) in [6.07, 6.45) is 1.59. The highest BCUT2D eigenvalue weighted by Crippen LogP contribution is 1.82. The van der Waals surface area contributed by atoms with E-state index in [9.17, 15) is 0 Å². The molecular weight excluding hydrogens is 130 g/mol. The fraction of sp³-hybridized carbons (Fsp3) is 0. The summed E-state index contributed by atoms with van der Waals surface area (Å²) in [4.78, 5) is 7.76. The molecule has 2 aromatic rings. The van der Waals surface area contributed by atoms with E-state index in [4.69, 9.17) is 4.52 Å². The van der Waals surface area contributed by atoms with Gasteiger partial charge in [-0.25, -0.2) is 4.98 Å². The summed E-state index contributed by atoms with van der Waals surface area (Å²) in [6.45, 7) is 7.17. The molecule has 0 spiro atoms. The molecule has 0 aromatic carbocycles. The first-order valence-corrected chi connectivity index (χ1v) is 2.76. The topological polar surface area (TPSA) is 43.3 Å². The molecular formula is C6H5N3O. The minimum absolute atomic E-state index is 0.355. The molecule has 0 unspecified atom stereocenters. The molecule has 0 aliphatic rings. The van der Waals surface area contributed by atoms with Crippen LogP contribution in [-0.2, 0) is 0 Å². The summed E-state index contributed by atoms with van der Waals surface area (Å²) < 4.78 is 6.44. The average Bonchev–Trinajstić information content (AvgIpc) is 2.35. The second-order valence-electron chi connectivity index (χ2n) is 1.94. The van der Waals surface area contributed by atoms with Crippen LogP contribution in [0.15, 0.2) is 10.7 Å². The Labute approximate surface area is 56.1 Å². The van der Waals surface area contributed by atoms with E-state index in [1.165, 1.54) is 4.57 Å². The van der Waals surface area contributed by atoms with Gasteiger partial charge >= 0.3 is 0 Å². The van der Waals surface area contributed by atoms with Gasteiger partial charge in [-0.05, 0) is 6.58 Å². The van der Waals surface area contributed by atoms with Gasteiger partial charge in [0.2, 0.25) is 5.55 Å². The van der Waals surface area contributed by atoms with Gasteiger partial charge in [0.1, 0.15) is 0 Å². The van der Waals surface area contributed by atoms with Crippen molar-refractivity contribution in [3.05, 3.63) is 17.1 Å². The van der Waals surface area contributed by atoms with Crippen LogP contribution in [0.2, 0.25) is 0 Å². The van der Waals surface area contributed by atoms with Gasteiger partial charge in [-0.15, -0.1) is 4.57 Å². The Kier molecular flexibility index (Phi) is 0.768. The minimum atomic E-state index is 0.355. The molecule has 0 N–H and O–H groups in total. The van der Waals surface area contributed by atoms with E-state index in [2.05, 4.69) is 23.1 Å². The van der Waals surface area contributed by atoms with E-state index in [0.717, 1.165) is 0 Å². The minimum Gasteiger partial charge on any atom is -0.352 e. The molecule has 10 heavy (non-hydrogen) atoms. The zero-order chi connectivity index (χ0) is 7.14. The molecule has 0 saturated carbocycles. The first-order chi connectivity index (χ1) is 4.77. The van der Waals surface area contributed by atoms with Gasteiger partial charge in [0.25, 0.3) is 5.78 Å². The predicted molar refractivity (Wildman–Crippen MR) is 35.5 cm³/mol. The third kappa shape index (κ3) is 0.500. The zero-order valence-electron chi connectivity index (χ0n) is 5.24. The van der Waals surface area contributed by atoms with E-state index in [0.29, 0.717) is 16.7 Å². The zero-order valence-corrected chi connectivity index (χ0v) is 5.24. The van der Waals surface area contributed by atoms with Crippen molar-refractivity contribution in [2.75, 3.05) is 0 Å². The molecule has 4 heteroatoms. The van der Waals surface area contributed by atoms with Crippen molar-refractivity contribution in [3.8, 4) is 0 Å². The molecule has 2 rings (SSSR count). The Balaban J connectivity index is 3.18. The normalized spacial score (nSPS) is 10.8. The maximum absolute atomic E-state index is 5.01. The SMILES string of the molecule is C=c1nc2ncc(=C)n2o1. The maximum atomic E-state index is 5.01. The smallest absolute Gasteiger partial charge is 0.267 e. The summed E-state index contributed by atoms with van der Waals surface area (Å²) >= 11 is 0. The number of aromatic nitrogens is 3. The van der Waals surface area contributed by atoms with Crippen molar-refractivity contribution >= 4 is 18.9 Å². The van der Waals surface area contributed by atoms with Crippen LogP contribution in [0.3, 0.4) is 0 Å². The number of fused-ring (bicyclic) bond motifs is 1. The van der Waals surface area contributed by atoms with Crippen LogP contribution in [-0.4, -0.2) is 14.5 Å². The van der Waals surface area contributed by atoms with Crippen molar-refractivity contribution in [2.45, 2.75) is 0 Å². The molecule has 0 aliphatic carbocycles. The summed E-state index contributed by atoms with van der Waals surface area (Å²) in [5.41, 5.74) is 0.355. The van der Waals surface area contributed by atoms with E-state index in [1.807, 2.05) is 0 Å². The van der Waals surface area contributed by atoms with Gasteiger partial charge < -0.3 is 4.52 Å². The average molecular weight is 135 g/mol. The summed E-state index contributed by atoms with van der Waals surface area (Å²) in [6, 6.07) is 0. The molecule has 4 nitrogen and oxygen atoms in total. The van der Waals surface area contributed by atoms with Crippen LogP contribution in [0.1, 0.15) is 0 Å². The summed E-state index contributed by atoms with van der Waals surface area (Å²) in [5, 5.41) is 0.678. The van der Waals surface area contributed by atoms with Crippen LogP contribution in [0.4, 0.5) is 0 Å². The monoisotopic (exact) mass is 135 g/mol. The van der Waals surface area contributed by atoms with Crippen LogP contribution >= 0.6 is 0 Å². The summed E-state index contributed by atoms with van der Waals surface area (Å²) in [5.74, 6) is 0.509. The molecule has 0 atom stereocenters. The highest BCUT2D eigenvalue weighted by Gasteiger charge is 1.97. The van der Waals surface area contributed by atoms with Gasteiger partial charge in [-0.1, -0.05) is 6.58 Å². The number of hydrogen-bond acceptors (Lipinski definition) is 3. The van der Waals surface area contributed by atoms with E-state index < -0.39 is 0 Å². The van der Waals surface area contributed by atoms with Crippen LogP contribution < -0.4 is 10.9 Å². The number of nitrogens with zero attached hydrogens (tertiary/aromatic N) is 3. The van der Waals surface area contributed by atoms with E-state index >= 15 is 0 Å². The first kappa shape index (κ1) is 5.22. The van der Waals surface area contributed by atoms with Crippen molar-refractivity contribution in [1.82, 2.24) is 14.5 Å². The fourth-order valence-electron chi connectivity index (χ4n) is 0.777. The van der Waals surface area contributed by atoms with Gasteiger partial charge in [0.05, 0.1) is 11.5 Å². The van der Waals surface area contributed by atoms with Gasteiger partial charge in [0.15, 0.2) is 0 Å². The lowest BCUT2D eigenvalue weighted by Crippen LogP contribution is -2.03. The molecule has 50 valence electrons. The first-order valence-electron chi connectivity index (χ1n) is 2.76. The third-order valence-corrected chi connectivity index (χ3v) is 1.19. The quantitative estimate of drug-likeness (QED) is 0.472. The Morgan fingerprint density at radius 3 is 3.00 bits per heavy atom. The standard InChI is InChI=1S/C6H5N3O/c1-4-3-7-6-8-5(2)10-9(4)6/h3H,1-2H2. The number of hydrogen-bond donors (Lipinski definition) is 0. The molecule has 0 bridgehead atoms. The van der Waals surface area contributed by atoms with Gasteiger partial charge in [-0.2, -0.15) is 4.98 Å². The highest BCUT2D eigenvalue weighted by atomic mass is 16.5. The van der Waals surface area contributed by atoms with E-state index in [-0.39, 0.29) is 0 Å². The Morgan fingerprint density at radius 1 is 1.50 bits per heavy atom. The van der Waals surface area contributed by atoms with Gasteiger partial charge in [0, 0.05) is 0 Å². The molecule has 0 aliphatic heterocycles. The molecule has 0 saturated heterocycles. The van der Waals surface area contributed by atoms with Crippen LogP contribution in [0, 0.1) is 0 Å². The second-order valence-corrected chi connectivity index (χ2v) is 1.94. The fourth-order valence-corrected chi connectivity index (χ4v) is 0.777.